The molecule has 0 bridgehead atoms. The summed E-state index contributed by atoms with van der Waals surface area (Å²) in [6.07, 6.45) is 49.4. The Morgan fingerprint density at radius 2 is 0.400 bits per heavy atom. The molecule has 0 atom stereocenters. The third kappa shape index (κ3) is 34.0. The average Bonchev–Trinajstić information content (AvgIpc) is 2.87. The maximum Gasteiger partial charge on any atom is -0.0386 e. The van der Waals surface area contributed by atoms with Gasteiger partial charge < -0.3 is 0 Å². The van der Waals surface area contributed by atoms with E-state index in [4.69, 9.17) is 0 Å². The third-order valence-electron chi connectivity index (χ3n) is 8.02. The number of hydrogen-bond acceptors (Lipinski definition) is 0. The molecule has 0 heterocycles. The first kappa shape index (κ1) is 35.0. The van der Waals surface area contributed by atoms with Crippen molar-refractivity contribution >= 4 is 0 Å². The summed E-state index contributed by atoms with van der Waals surface area (Å²) in [5.74, 6) is 0. The van der Waals surface area contributed by atoms with Gasteiger partial charge in [0, 0.05) is 0 Å². The summed E-state index contributed by atoms with van der Waals surface area (Å²) in [5, 5.41) is 0. The monoisotopic (exact) mass is 492 g/mol. The van der Waals surface area contributed by atoms with E-state index in [9.17, 15) is 0 Å². The average molecular weight is 492 g/mol. The van der Waals surface area contributed by atoms with E-state index < -0.39 is 0 Å². The van der Waals surface area contributed by atoms with Gasteiger partial charge in [0.15, 0.2) is 0 Å². The van der Waals surface area contributed by atoms with E-state index in [0.717, 1.165) is 0 Å². The van der Waals surface area contributed by atoms with Crippen LogP contribution in [-0.2, 0) is 0 Å². The van der Waals surface area contributed by atoms with Gasteiger partial charge in [0.05, 0.1) is 0 Å². The Hall–Kier alpha value is 0. The Morgan fingerprint density at radius 1 is 0.229 bits per heavy atom. The van der Waals surface area contributed by atoms with Crippen molar-refractivity contribution in [3.8, 4) is 0 Å². The van der Waals surface area contributed by atoms with Crippen LogP contribution in [0.3, 0.4) is 0 Å². The summed E-state index contributed by atoms with van der Waals surface area (Å²) in [5.41, 5.74) is 0. The van der Waals surface area contributed by atoms with Crippen LogP contribution in [-0.4, -0.2) is 0 Å². The van der Waals surface area contributed by atoms with E-state index in [2.05, 4.69) is 20.3 Å². The van der Waals surface area contributed by atoms with Crippen LogP contribution >= 0.6 is 0 Å². The van der Waals surface area contributed by atoms with E-state index in [1.165, 1.54) is 205 Å². The fourth-order valence-electron chi connectivity index (χ4n) is 5.46. The van der Waals surface area contributed by atoms with Crippen LogP contribution in [0.1, 0.15) is 219 Å². The predicted octanol–water partition coefficient (Wildman–Crippen LogP) is 13.7. The van der Waals surface area contributed by atoms with Crippen molar-refractivity contribution in [2.24, 2.45) is 0 Å². The van der Waals surface area contributed by atoms with E-state index in [-0.39, 0.29) is 0 Å². The third-order valence-corrected chi connectivity index (χ3v) is 8.02. The Bertz CT molecular complexity index is 301. The molecule has 211 valence electrons. The fraction of sp³-hybridized carbons (Fsp3) is 0.971. The highest BCUT2D eigenvalue weighted by Crippen LogP contribution is 2.16. The van der Waals surface area contributed by atoms with Gasteiger partial charge in [-0.05, 0) is 6.42 Å². The van der Waals surface area contributed by atoms with E-state index >= 15 is 0 Å². The predicted molar refractivity (Wildman–Crippen MR) is 163 cm³/mol. The lowest BCUT2D eigenvalue weighted by Gasteiger charge is -2.04. The fourth-order valence-corrected chi connectivity index (χ4v) is 5.46. The molecule has 0 spiro atoms. The molecular weight excluding hydrogens is 420 g/mol. The molecule has 0 heteroatoms. The summed E-state index contributed by atoms with van der Waals surface area (Å²) < 4.78 is 0. The minimum atomic E-state index is 1.37. The van der Waals surface area contributed by atoms with Crippen molar-refractivity contribution in [2.45, 2.75) is 219 Å². The summed E-state index contributed by atoms with van der Waals surface area (Å²) in [6, 6.07) is 0. The summed E-state index contributed by atoms with van der Waals surface area (Å²) in [4.78, 5) is 0. The maximum atomic E-state index is 2.59. The first-order chi connectivity index (χ1) is 17.4. The minimum absolute atomic E-state index is 1.37. The summed E-state index contributed by atoms with van der Waals surface area (Å²) in [7, 11) is 0. The minimum Gasteiger partial charge on any atom is -0.0654 e. The summed E-state index contributed by atoms with van der Waals surface area (Å²) in [6.45, 7) is 4.61. The zero-order valence-electron chi connectivity index (χ0n) is 25.2. The van der Waals surface area contributed by atoms with Crippen molar-refractivity contribution in [3.63, 3.8) is 0 Å². The normalized spacial score (nSPS) is 11.5. The Morgan fingerprint density at radius 3 is 0.600 bits per heavy atom. The highest BCUT2D eigenvalue weighted by atomic mass is 14.0. The van der Waals surface area contributed by atoms with Crippen LogP contribution in [0.25, 0.3) is 0 Å². The van der Waals surface area contributed by atoms with Crippen molar-refractivity contribution in [1.29, 1.82) is 0 Å². The largest absolute Gasteiger partial charge is 0.0654 e. The van der Waals surface area contributed by atoms with Gasteiger partial charge in [-0.2, -0.15) is 0 Å². The molecule has 0 fully saturated rings. The molecule has 0 nitrogen and oxygen atoms in total. The number of hydrogen-bond donors (Lipinski definition) is 0. The van der Waals surface area contributed by atoms with Crippen LogP contribution in [0.15, 0.2) is 0 Å². The molecule has 0 aromatic heterocycles. The van der Waals surface area contributed by atoms with Gasteiger partial charge in [0.2, 0.25) is 0 Å². The van der Waals surface area contributed by atoms with Gasteiger partial charge in [0.1, 0.15) is 0 Å². The lowest BCUT2D eigenvalue weighted by molar-refractivity contribution is 0.525. The van der Waals surface area contributed by atoms with Crippen LogP contribution in [0.5, 0.6) is 0 Å². The molecule has 0 saturated heterocycles. The number of unbranched alkanes of at least 4 members (excludes halogenated alkanes) is 32. The smallest absolute Gasteiger partial charge is 0.0386 e. The van der Waals surface area contributed by atoms with Crippen molar-refractivity contribution in [3.05, 3.63) is 6.42 Å². The topological polar surface area (TPSA) is 0 Å². The Kier molecular flexibility index (Phi) is 34.0. The molecule has 0 unspecified atom stereocenters. The van der Waals surface area contributed by atoms with Gasteiger partial charge >= 0.3 is 0 Å². The van der Waals surface area contributed by atoms with E-state index in [1.807, 2.05) is 0 Å². The lowest BCUT2D eigenvalue weighted by atomic mass is 10.0. The van der Waals surface area contributed by atoms with Crippen LogP contribution in [0, 0.1) is 6.42 Å². The van der Waals surface area contributed by atoms with Crippen molar-refractivity contribution in [2.75, 3.05) is 0 Å². The molecule has 0 aliphatic rings. The maximum absolute atomic E-state index is 2.59. The van der Waals surface area contributed by atoms with E-state index in [1.54, 1.807) is 0 Å². The van der Waals surface area contributed by atoms with Crippen molar-refractivity contribution in [1.82, 2.24) is 0 Å². The van der Waals surface area contributed by atoms with Gasteiger partial charge in [-0.3, -0.25) is 0 Å². The Labute approximate surface area is 225 Å². The second-order valence-corrected chi connectivity index (χ2v) is 11.8. The second kappa shape index (κ2) is 34.0. The van der Waals surface area contributed by atoms with Gasteiger partial charge in [-0.1, -0.05) is 219 Å². The molecular formula is C35H71. The lowest BCUT2D eigenvalue weighted by Crippen LogP contribution is -1.85. The van der Waals surface area contributed by atoms with Gasteiger partial charge in [0.25, 0.3) is 0 Å². The second-order valence-electron chi connectivity index (χ2n) is 11.8. The molecule has 1 radical (unpaired) electrons. The molecule has 0 aliphatic carbocycles. The zero-order valence-corrected chi connectivity index (χ0v) is 25.2. The number of rotatable bonds is 32. The highest BCUT2D eigenvalue weighted by Gasteiger charge is 1.97. The first-order valence-electron chi connectivity index (χ1n) is 17.2. The van der Waals surface area contributed by atoms with Gasteiger partial charge in [-0.25, -0.2) is 0 Å². The molecule has 0 aliphatic heterocycles. The van der Waals surface area contributed by atoms with Gasteiger partial charge in [-0.15, -0.1) is 0 Å². The van der Waals surface area contributed by atoms with Crippen LogP contribution < -0.4 is 0 Å². The molecule has 0 N–H and O–H groups in total. The standard InChI is InChI=1S/C35H71/c1-3-5-7-9-11-13-15-17-19-21-23-25-27-29-31-33-35-34-32-30-28-26-24-22-20-18-16-14-12-10-8-6-4-2/h31H,3-30,32-35H2,1-2H3. The quantitative estimate of drug-likeness (QED) is 0.0820. The van der Waals surface area contributed by atoms with Crippen LogP contribution in [0.2, 0.25) is 0 Å². The first-order valence-corrected chi connectivity index (χ1v) is 17.2. The molecule has 35 heavy (non-hydrogen) atoms. The van der Waals surface area contributed by atoms with Crippen molar-refractivity contribution < 1.29 is 0 Å². The molecule has 0 aromatic rings. The SMILES string of the molecule is CCCCCCCCCCCCCCC[CH]CCCCCCCCCCCCCCCCCCC. The van der Waals surface area contributed by atoms with Crippen LogP contribution in [0.4, 0.5) is 0 Å². The molecule has 0 aromatic carbocycles. The Balaban J connectivity index is 3.00. The zero-order chi connectivity index (χ0) is 25.3. The summed E-state index contributed by atoms with van der Waals surface area (Å²) >= 11 is 0. The highest BCUT2D eigenvalue weighted by molar-refractivity contribution is 4.64. The molecule has 0 rings (SSSR count). The van der Waals surface area contributed by atoms with E-state index in [0.29, 0.717) is 0 Å². The molecule has 0 saturated carbocycles. The molecule has 0 amide bonds.